The summed E-state index contributed by atoms with van der Waals surface area (Å²) in [5.74, 6) is 0. The summed E-state index contributed by atoms with van der Waals surface area (Å²) in [5, 5.41) is 0.801. The maximum absolute atomic E-state index is 5.61. The van der Waals surface area contributed by atoms with Crippen LogP contribution in [0.15, 0.2) is 48.5 Å². The number of hydrogen-bond acceptors (Lipinski definition) is 3. The maximum atomic E-state index is 5.61. The van der Waals surface area contributed by atoms with Gasteiger partial charge in [-0.3, -0.25) is 0 Å². The van der Waals surface area contributed by atoms with E-state index in [1.165, 1.54) is 36.1 Å². The van der Waals surface area contributed by atoms with Crippen molar-refractivity contribution in [2.75, 3.05) is 44.4 Å². The molecule has 0 bridgehead atoms. The van der Waals surface area contributed by atoms with Crippen LogP contribution in [0.2, 0.25) is 5.02 Å². The van der Waals surface area contributed by atoms with Gasteiger partial charge in [0.1, 0.15) is 0 Å². The summed E-state index contributed by atoms with van der Waals surface area (Å²) >= 11 is 5.61. The smallest absolute Gasteiger partial charge is 0.0642 e. The lowest BCUT2D eigenvalue weighted by Crippen LogP contribution is -2.36. The molecule has 156 valence electrons. The molecule has 0 amide bonds. The number of rotatable bonds is 1. The van der Waals surface area contributed by atoms with E-state index in [0.717, 1.165) is 44.5 Å². The van der Waals surface area contributed by atoms with E-state index in [9.17, 15) is 0 Å². The molecule has 0 spiro atoms. The predicted molar refractivity (Wildman–Crippen MR) is 122 cm³/mol. The lowest BCUT2D eigenvalue weighted by Gasteiger charge is -2.28. The monoisotopic (exact) mass is 405 g/mol. The lowest BCUT2D eigenvalue weighted by atomic mass is 10.2. The van der Waals surface area contributed by atoms with Crippen LogP contribution >= 0.6 is 11.6 Å². The topological polar surface area (TPSA) is 21.7 Å². The number of morpholine rings is 1. The lowest BCUT2D eigenvalue weighted by molar-refractivity contribution is 0.0968. The van der Waals surface area contributed by atoms with Crippen LogP contribution in [0.3, 0.4) is 0 Å². The molecule has 0 saturated carbocycles. The number of halogens is 1. The summed E-state index contributed by atoms with van der Waals surface area (Å²) in [5.41, 5.74) is 3.88. The number of hydrogen-bond donors (Lipinski definition) is 0. The summed E-state index contributed by atoms with van der Waals surface area (Å²) in [7, 11) is 0. The first-order chi connectivity index (χ1) is 13.1. The van der Waals surface area contributed by atoms with Crippen molar-refractivity contribution in [1.82, 2.24) is 0 Å². The molecule has 0 N–H and O–H groups in total. The van der Waals surface area contributed by atoms with E-state index in [-0.39, 0.29) is 7.43 Å². The molecule has 2 aliphatic rings. The van der Waals surface area contributed by atoms with Gasteiger partial charge in [-0.15, -0.1) is 0 Å². The van der Waals surface area contributed by atoms with Crippen molar-refractivity contribution < 1.29 is 9.47 Å². The Balaban J connectivity index is 0.000000225. The van der Waals surface area contributed by atoms with E-state index in [4.69, 9.17) is 21.1 Å². The van der Waals surface area contributed by atoms with Crippen molar-refractivity contribution in [3.05, 3.63) is 64.7 Å². The summed E-state index contributed by atoms with van der Waals surface area (Å²) in [6.45, 7) is 9.90. The third kappa shape index (κ3) is 10.1. The molecule has 2 aromatic carbocycles. The second-order valence-corrected chi connectivity index (χ2v) is 7.34. The third-order valence-corrected chi connectivity index (χ3v) is 4.75. The Morgan fingerprint density at radius 3 is 1.54 bits per heavy atom. The minimum Gasteiger partial charge on any atom is -0.381 e. The Hall–Kier alpha value is -1.55. The van der Waals surface area contributed by atoms with E-state index in [2.05, 4.69) is 36.1 Å². The zero-order valence-electron chi connectivity index (χ0n) is 16.6. The van der Waals surface area contributed by atoms with Gasteiger partial charge in [0.25, 0.3) is 0 Å². The largest absolute Gasteiger partial charge is 0.381 e. The maximum Gasteiger partial charge on any atom is 0.0642 e. The van der Waals surface area contributed by atoms with E-state index >= 15 is 0 Å². The van der Waals surface area contributed by atoms with Gasteiger partial charge in [-0.25, -0.2) is 0 Å². The minimum absolute atomic E-state index is 0. The molecule has 2 fully saturated rings. The van der Waals surface area contributed by atoms with Gasteiger partial charge in [-0.05, 0) is 57.4 Å². The predicted octanol–water partition coefficient (Wildman–Crippen LogP) is 6.30. The molecule has 2 aliphatic heterocycles. The first-order valence-corrected chi connectivity index (χ1v) is 10.2. The molecule has 2 saturated heterocycles. The van der Waals surface area contributed by atoms with Crippen LogP contribution in [0, 0.1) is 13.8 Å². The Bertz CT molecular complexity index is 586. The fraction of sp³-hybridized carbons (Fsp3) is 0.500. The van der Waals surface area contributed by atoms with E-state index in [1.807, 2.05) is 31.2 Å². The van der Waals surface area contributed by atoms with Crippen molar-refractivity contribution in [3.63, 3.8) is 0 Å². The average molecular weight is 406 g/mol. The van der Waals surface area contributed by atoms with Crippen molar-refractivity contribution in [2.45, 2.75) is 40.5 Å². The second-order valence-electron chi connectivity index (χ2n) is 6.90. The molecule has 0 radical (unpaired) electrons. The van der Waals surface area contributed by atoms with E-state index in [0.29, 0.717) is 0 Å². The minimum atomic E-state index is 0. The molecule has 0 atom stereocenters. The molecule has 2 heterocycles. The van der Waals surface area contributed by atoms with Crippen LogP contribution in [0.4, 0.5) is 5.69 Å². The first kappa shape index (κ1) is 24.5. The fourth-order valence-electron chi connectivity index (χ4n) is 2.80. The molecule has 0 aliphatic carbocycles. The number of nitrogens with zero attached hydrogens (tertiary/aromatic N) is 1. The van der Waals surface area contributed by atoms with Gasteiger partial charge in [0.15, 0.2) is 0 Å². The van der Waals surface area contributed by atoms with Gasteiger partial charge in [-0.1, -0.05) is 54.4 Å². The van der Waals surface area contributed by atoms with Crippen LogP contribution in [0.5, 0.6) is 0 Å². The van der Waals surface area contributed by atoms with Crippen LogP contribution in [0.1, 0.15) is 37.8 Å². The zero-order chi connectivity index (χ0) is 19.3. The third-order valence-electron chi connectivity index (χ3n) is 4.50. The van der Waals surface area contributed by atoms with Crippen molar-refractivity contribution in [2.24, 2.45) is 0 Å². The molecular weight excluding hydrogens is 370 g/mol. The Morgan fingerprint density at radius 2 is 1.14 bits per heavy atom. The molecule has 4 rings (SSSR count). The highest BCUT2D eigenvalue weighted by Gasteiger charge is 2.09. The zero-order valence-corrected chi connectivity index (χ0v) is 17.4. The summed E-state index contributed by atoms with van der Waals surface area (Å²) in [6, 6.07) is 16.4. The number of ether oxygens (including phenoxy) is 2. The van der Waals surface area contributed by atoms with Gasteiger partial charge < -0.3 is 14.4 Å². The van der Waals surface area contributed by atoms with Crippen molar-refractivity contribution >= 4 is 17.3 Å². The number of benzene rings is 2. The Labute approximate surface area is 176 Å². The summed E-state index contributed by atoms with van der Waals surface area (Å²) in [6.07, 6.45) is 3.93. The first-order valence-electron chi connectivity index (χ1n) is 9.84. The molecule has 28 heavy (non-hydrogen) atoms. The number of aryl methyl sites for hydroxylation is 2. The van der Waals surface area contributed by atoms with Crippen LogP contribution in [0.25, 0.3) is 0 Å². The van der Waals surface area contributed by atoms with Gasteiger partial charge in [0, 0.05) is 37.0 Å². The van der Waals surface area contributed by atoms with Crippen LogP contribution in [-0.4, -0.2) is 39.5 Å². The van der Waals surface area contributed by atoms with Gasteiger partial charge in [0.2, 0.25) is 0 Å². The normalized spacial score (nSPS) is 15.9. The van der Waals surface area contributed by atoms with Crippen LogP contribution in [-0.2, 0) is 9.47 Å². The molecule has 0 aromatic heterocycles. The Morgan fingerprint density at radius 1 is 0.679 bits per heavy atom. The highest BCUT2D eigenvalue weighted by molar-refractivity contribution is 6.30. The molecule has 0 unspecified atom stereocenters. The summed E-state index contributed by atoms with van der Waals surface area (Å²) in [4.78, 5) is 2.36. The average Bonchev–Trinajstić information content (AvgIpc) is 2.74. The fourth-order valence-corrected chi connectivity index (χ4v) is 2.92. The van der Waals surface area contributed by atoms with Gasteiger partial charge in [0.05, 0.1) is 13.2 Å². The van der Waals surface area contributed by atoms with Gasteiger partial charge in [-0.2, -0.15) is 0 Å². The highest BCUT2D eigenvalue weighted by Crippen LogP contribution is 2.15. The van der Waals surface area contributed by atoms with Gasteiger partial charge >= 0.3 is 0 Å². The molecule has 4 heteroatoms. The molecule has 2 aromatic rings. The van der Waals surface area contributed by atoms with E-state index < -0.39 is 0 Å². The SMILES string of the molecule is C.C1CCOCC1.Cc1ccc(Cl)cc1.Cc1ccc(N2CCOCC2)cc1. The van der Waals surface area contributed by atoms with Crippen LogP contribution < -0.4 is 4.90 Å². The molecule has 3 nitrogen and oxygen atoms in total. The van der Waals surface area contributed by atoms with Crippen molar-refractivity contribution in [1.29, 1.82) is 0 Å². The number of anilines is 1. The van der Waals surface area contributed by atoms with E-state index in [1.54, 1.807) is 0 Å². The highest BCUT2D eigenvalue weighted by atomic mass is 35.5. The standard InChI is InChI=1S/C11H15NO.C7H7Cl.C5H10O.CH4/c1-10-2-4-11(5-3-10)12-6-8-13-9-7-12;1-6-2-4-7(8)5-3-6;1-2-4-6-5-3-1;/h2-5H,6-9H2,1H3;2-5H,1H3;1-5H2;1H4. The second kappa shape index (κ2) is 14.4. The Kier molecular flexibility index (Phi) is 12.6. The van der Waals surface area contributed by atoms with Crippen molar-refractivity contribution in [3.8, 4) is 0 Å². The summed E-state index contributed by atoms with van der Waals surface area (Å²) < 4.78 is 10.4. The quantitative estimate of drug-likeness (QED) is 0.555. The molecular formula is C24H36ClNO2.